The predicted octanol–water partition coefficient (Wildman–Crippen LogP) is 5.98. The summed E-state index contributed by atoms with van der Waals surface area (Å²) in [6.45, 7) is 4.66. The van der Waals surface area contributed by atoms with Crippen molar-refractivity contribution in [3.05, 3.63) is 34.9 Å². The molecule has 1 aliphatic rings. The van der Waals surface area contributed by atoms with Crippen LogP contribution in [0.4, 0.5) is 0 Å². The third-order valence-corrected chi connectivity index (χ3v) is 4.68. The Kier molecular flexibility index (Phi) is 4.72. The number of hydrogen-bond acceptors (Lipinski definition) is 0. The molecule has 1 aliphatic carbocycles. The summed E-state index contributed by atoms with van der Waals surface area (Å²) in [6, 6.07) is 8.60. The Hall–Kier alpha value is -0.490. The van der Waals surface area contributed by atoms with Gasteiger partial charge in [0.2, 0.25) is 0 Å². The largest absolute Gasteiger partial charge is 0.0843 e. The first-order chi connectivity index (χ1) is 8.62. The Morgan fingerprint density at radius 2 is 1.89 bits per heavy atom. The molecular formula is C17H25Cl. The van der Waals surface area contributed by atoms with Gasteiger partial charge in [0.1, 0.15) is 0 Å². The third kappa shape index (κ3) is 3.29. The smallest absolute Gasteiger partial charge is 0.0408 e. The number of hydrogen-bond donors (Lipinski definition) is 0. The van der Waals surface area contributed by atoms with E-state index in [1.54, 1.807) is 0 Å². The molecule has 0 radical (unpaired) electrons. The van der Waals surface area contributed by atoms with Crippen molar-refractivity contribution in [3.63, 3.8) is 0 Å². The van der Waals surface area contributed by atoms with Crippen LogP contribution < -0.4 is 0 Å². The summed E-state index contributed by atoms with van der Waals surface area (Å²) in [4.78, 5) is 0. The number of halogens is 1. The molecule has 2 rings (SSSR count). The minimum atomic E-state index is 0.410. The minimum Gasteiger partial charge on any atom is -0.0843 e. The summed E-state index contributed by atoms with van der Waals surface area (Å²) in [5.41, 5.74) is 1.89. The zero-order valence-corrected chi connectivity index (χ0v) is 12.5. The Morgan fingerprint density at radius 1 is 1.17 bits per heavy atom. The van der Waals surface area contributed by atoms with Gasteiger partial charge in [0.15, 0.2) is 0 Å². The molecule has 0 amide bonds. The van der Waals surface area contributed by atoms with Gasteiger partial charge in [-0.25, -0.2) is 0 Å². The monoisotopic (exact) mass is 264 g/mol. The summed E-state index contributed by atoms with van der Waals surface area (Å²) in [5, 5.41) is 0.891. The van der Waals surface area contributed by atoms with Crippen molar-refractivity contribution in [3.8, 4) is 0 Å². The molecule has 0 heterocycles. The molecule has 1 aromatic rings. The van der Waals surface area contributed by atoms with Gasteiger partial charge in [0.05, 0.1) is 0 Å². The normalized spacial score (nSPS) is 19.1. The quantitative estimate of drug-likeness (QED) is 0.628. The Labute approximate surface area is 117 Å². The van der Waals surface area contributed by atoms with Crippen LogP contribution in [0.1, 0.15) is 64.4 Å². The summed E-state index contributed by atoms with van der Waals surface area (Å²) in [5.74, 6) is 0.794. The van der Waals surface area contributed by atoms with Crippen LogP contribution in [-0.2, 0) is 5.41 Å². The van der Waals surface area contributed by atoms with E-state index in [1.807, 2.05) is 6.07 Å². The van der Waals surface area contributed by atoms with Crippen LogP contribution >= 0.6 is 11.6 Å². The average molecular weight is 265 g/mol. The molecule has 18 heavy (non-hydrogen) atoms. The lowest BCUT2D eigenvalue weighted by Crippen LogP contribution is -2.29. The Balaban J connectivity index is 2.23. The highest BCUT2D eigenvalue weighted by Gasteiger charge is 2.33. The van der Waals surface area contributed by atoms with E-state index >= 15 is 0 Å². The first-order valence-corrected chi connectivity index (χ1v) is 7.76. The summed E-state index contributed by atoms with van der Waals surface area (Å²) in [7, 11) is 0. The van der Waals surface area contributed by atoms with Gasteiger partial charge in [0, 0.05) is 5.02 Å². The first-order valence-electron chi connectivity index (χ1n) is 7.38. The fraction of sp³-hybridized carbons (Fsp3) is 0.647. The van der Waals surface area contributed by atoms with Crippen molar-refractivity contribution in [1.29, 1.82) is 0 Å². The van der Waals surface area contributed by atoms with Gasteiger partial charge in [-0.2, -0.15) is 0 Å². The molecule has 1 saturated carbocycles. The van der Waals surface area contributed by atoms with Crippen LogP contribution in [-0.4, -0.2) is 0 Å². The molecule has 1 heteroatoms. The fourth-order valence-electron chi connectivity index (χ4n) is 3.29. The van der Waals surface area contributed by atoms with Gasteiger partial charge in [-0.3, -0.25) is 0 Å². The maximum atomic E-state index is 6.19. The van der Waals surface area contributed by atoms with Crippen molar-refractivity contribution in [2.45, 2.75) is 64.2 Å². The molecule has 0 unspecified atom stereocenters. The van der Waals surface area contributed by atoms with Crippen molar-refractivity contribution in [2.75, 3.05) is 0 Å². The minimum absolute atomic E-state index is 0.410. The maximum Gasteiger partial charge on any atom is 0.0408 e. The second-order valence-electron chi connectivity index (χ2n) is 6.28. The molecule has 0 nitrogen and oxygen atoms in total. The van der Waals surface area contributed by atoms with E-state index in [1.165, 1.54) is 50.5 Å². The Morgan fingerprint density at radius 3 is 2.50 bits per heavy atom. The standard InChI is InChI=1S/C17H25Cl/c1-14(2)9-12-17(10-4-3-5-11-17)15-7-6-8-16(18)13-15/h6-8,13-14H,3-5,9-12H2,1-2H3. The van der Waals surface area contributed by atoms with E-state index in [0.29, 0.717) is 5.41 Å². The van der Waals surface area contributed by atoms with E-state index in [9.17, 15) is 0 Å². The van der Waals surface area contributed by atoms with Crippen LogP contribution in [0.5, 0.6) is 0 Å². The van der Waals surface area contributed by atoms with E-state index in [4.69, 9.17) is 11.6 Å². The van der Waals surface area contributed by atoms with E-state index in [-0.39, 0.29) is 0 Å². The molecule has 0 aromatic heterocycles. The summed E-state index contributed by atoms with van der Waals surface area (Å²) >= 11 is 6.19. The van der Waals surface area contributed by atoms with Crippen LogP contribution in [0.2, 0.25) is 5.02 Å². The molecule has 0 N–H and O–H groups in total. The van der Waals surface area contributed by atoms with Gasteiger partial charge in [-0.15, -0.1) is 0 Å². The van der Waals surface area contributed by atoms with Crippen molar-refractivity contribution in [2.24, 2.45) is 5.92 Å². The zero-order valence-electron chi connectivity index (χ0n) is 11.7. The van der Waals surface area contributed by atoms with Crippen molar-refractivity contribution >= 4 is 11.6 Å². The van der Waals surface area contributed by atoms with Gasteiger partial charge >= 0.3 is 0 Å². The lowest BCUT2D eigenvalue weighted by molar-refractivity contribution is 0.257. The number of rotatable bonds is 4. The molecule has 0 saturated heterocycles. The molecular weight excluding hydrogens is 240 g/mol. The van der Waals surface area contributed by atoms with E-state index in [0.717, 1.165) is 10.9 Å². The highest BCUT2D eigenvalue weighted by atomic mass is 35.5. The van der Waals surface area contributed by atoms with Gasteiger partial charge in [0.25, 0.3) is 0 Å². The average Bonchev–Trinajstić information content (AvgIpc) is 2.37. The second-order valence-corrected chi connectivity index (χ2v) is 6.72. The van der Waals surface area contributed by atoms with E-state index in [2.05, 4.69) is 32.0 Å². The lowest BCUT2D eigenvalue weighted by Gasteiger charge is -2.38. The summed E-state index contributed by atoms with van der Waals surface area (Å²) in [6.07, 6.45) is 9.51. The van der Waals surface area contributed by atoms with Gasteiger partial charge in [-0.1, -0.05) is 63.3 Å². The fourth-order valence-corrected chi connectivity index (χ4v) is 3.49. The molecule has 100 valence electrons. The highest BCUT2D eigenvalue weighted by Crippen LogP contribution is 2.44. The Bertz CT molecular complexity index is 375. The second kappa shape index (κ2) is 6.10. The van der Waals surface area contributed by atoms with Gasteiger partial charge in [-0.05, 0) is 48.3 Å². The maximum absolute atomic E-state index is 6.19. The van der Waals surface area contributed by atoms with Crippen molar-refractivity contribution in [1.82, 2.24) is 0 Å². The molecule has 0 bridgehead atoms. The molecule has 0 atom stereocenters. The first kappa shape index (κ1) is 13.9. The topological polar surface area (TPSA) is 0 Å². The molecule has 0 spiro atoms. The van der Waals surface area contributed by atoms with E-state index < -0.39 is 0 Å². The number of benzene rings is 1. The predicted molar refractivity (Wildman–Crippen MR) is 80.3 cm³/mol. The highest BCUT2D eigenvalue weighted by molar-refractivity contribution is 6.30. The summed E-state index contributed by atoms with van der Waals surface area (Å²) < 4.78 is 0. The lowest BCUT2D eigenvalue weighted by atomic mass is 9.66. The SMILES string of the molecule is CC(C)CCC1(c2cccc(Cl)c2)CCCCC1. The van der Waals surface area contributed by atoms with Crippen LogP contribution in [0.15, 0.2) is 24.3 Å². The molecule has 0 aliphatic heterocycles. The van der Waals surface area contributed by atoms with Crippen LogP contribution in [0.25, 0.3) is 0 Å². The third-order valence-electron chi connectivity index (χ3n) is 4.45. The van der Waals surface area contributed by atoms with Crippen LogP contribution in [0, 0.1) is 5.92 Å². The molecule has 1 fully saturated rings. The zero-order chi connectivity index (χ0) is 13.0. The molecule has 1 aromatic carbocycles. The van der Waals surface area contributed by atoms with Crippen molar-refractivity contribution < 1.29 is 0 Å². The van der Waals surface area contributed by atoms with Crippen LogP contribution in [0.3, 0.4) is 0 Å². The van der Waals surface area contributed by atoms with Gasteiger partial charge < -0.3 is 0 Å².